The molecule has 0 saturated heterocycles. The van der Waals surface area contributed by atoms with Gasteiger partial charge in [-0.15, -0.1) is 0 Å². The van der Waals surface area contributed by atoms with Gasteiger partial charge in [0.15, 0.2) is 17.5 Å². The minimum atomic E-state index is -0.138. The topological polar surface area (TPSA) is 56.7 Å². The van der Waals surface area contributed by atoms with Crippen molar-refractivity contribution in [3.63, 3.8) is 0 Å². The van der Waals surface area contributed by atoms with E-state index in [9.17, 15) is 0 Å². The summed E-state index contributed by atoms with van der Waals surface area (Å²) >= 11 is 0. The van der Waals surface area contributed by atoms with Crippen molar-refractivity contribution >= 4 is 43.7 Å². The van der Waals surface area contributed by atoms with Crippen LogP contribution in [-0.2, 0) is 10.8 Å². The highest BCUT2D eigenvalue weighted by Crippen LogP contribution is 2.54. The molecule has 0 spiro atoms. The van der Waals surface area contributed by atoms with Crippen LogP contribution in [0.5, 0.6) is 0 Å². The molecule has 294 valence electrons. The molecule has 5 nitrogen and oxygen atoms in total. The van der Waals surface area contributed by atoms with Gasteiger partial charge in [-0.1, -0.05) is 149 Å². The molecule has 0 unspecified atom stereocenters. The summed E-state index contributed by atoms with van der Waals surface area (Å²) in [6.07, 6.45) is 0. The van der Waals surface area contributed by atoms with E-state index in [0.717, 1.165) is 44.3 Å². The average molecular weight is 797 g/mol. The molecule has 0 saturated carbocycles. The van der Waals surface area contributed by atoms with Crippen LogP contribution in [0.3, 0.4) is 0 Å². The zero-order chi connectivity index (χ0) is 41.5. The fourth-order valence-corrected chi connectivity index (χ4v) is 10.7. The van der Waals surface area contributed by atoms with Gasteiger partial charge in [-0.25, -0.2) is 15.0 Å². The van der Waals surface area contributed by atoms with Crippen molar-refractivity contribution in [2.45, 2.75) is 38.5 Å². The number of fused-ring (bicyclic) bond motifs is 12. The minimum Gasteiger partial charge on any atom is -0.455 e. The Morgan fingerprint density at radius 1 is 0.387 bits per heavy atom. The largest absolute Gasteiger partial charge is 0.455 e. The maximum Gasteiger partial charge on any atom is 0.167 e. The van der Waals surface area contributed by atoms with Gasteiger partial charge in [0.1, 0.15) is 11.2 Å². The maximum atomic E-state index is 6.81. The van der Waals surface area contributed by atoms with Crippen molar-refractivity contribution in [3.8, 4) is 62.1 Å². The first-order valence-corrected chi connectivity index (χ1v) is 21.4. The summed E-state index contributed by atoms with van der Waals surface area (Å²) in [7, 11) is 0. The molecule has 3 aromatic heterocycles. The molecule has 2 aliphatic carbocycles. The zero-order valence-electron chi connectivity index (χ0n) is 34.9. The Bertz CT molecular complexity index is 3510. The van der Waals surface area contributed by atoms with Crippen molar-refractivity contribution in [3.05, 3.63) is 192 Å². The molecule has 0 bridgehead atoms. The number of aromatic nitrogens is 4. The Kier molecular flexibility index (Phi) is 7.07. The number of benzene rings is 8. The van der Waals surface area contributed by atoms with E-state index in [1.165, 1.54) is 66.3 Å². The monoisotopic (exact) mass is 796 g/mol. The third-order valence-electron chi connectivity index (χ3n) is 13.9. The van der Waals surface area contributed by atoms with E-state index >= 15 is 0 Å². The van der Waals surface area contributed by atoms with Crippen molar-refractivity contribution in [2.24, 2.45) is 0 Å². The average Bonchev–Trinajstić information content (AvgIpc) is 3.98. The standard InChI is InChI=1S/C57H40N4O/c1-56(2)45-24-13-11-20-36(45)40-29-42-43-30-41-37-21-12-14-25-46(37)57(3,4)48(41)32-50(43)61(49(42)31-47(40)56)35-26-27-51-44(28-35)38-22-15-23-39(52(38)62-51)55-59-53(33-16-7-5-8-17-33)58-54(60-55)34-18-9-6-10-19-34/h5-32H,1-4H3. The van der Waals surface area contributed by atoms with Gasteiger partial charge in [0.05, 0.1) is 16.6 Å². The molecule has 62 heavy (non-hydrogen) atoms. The van der Waals surface area contributed by atoms with Crippen LogP contribution < -0.4 is 0 Å². The van der Waals surface area contributed by atoms with Crippen LogP contribution in [0, 0.1) is 0 Å². The first-order valence-electron chi connectivity index (χ1n) is 21.4. The Morgan fingerprint density at radius 2 is 0.887 bits per heavy atom. The lowest BCUT2D eigenvalue weighted by Gasteiger charge is -2.22. The molecule has 0 amide bonds. The highest BCUT2D eigenvalue weighted by Gasteiger charge is 2.38. The first-order chi connectivity index (χ1) is 30.2. The van der Waals surface area contributed by atoms with E-state index in [1.54, 1.807) is 0 Å². The van der Waals surface area contributed by atoms with Gasteiger partial charge >= 0.3 is 0 Å². The SMILES string of the molecule is CC1(C)c2ccccc2-c2cc3c4cc5c(cc4n(-c4ccc6oc7c(-c8nc(-c9ccccc9)nc(-c9ccccc9)n8)cccc7c6c4)c3cc21)C(C)(C)c1ccccc1-5. The molecule has 2 aliphatic rings. The predicted molar refractivity (Wildman–Crippen MR) is 253 cm³/mol. The third kappa shape index (κ3) is 4.82. The van der Waals surface area contributed by atoms with E-state index in [4.69, 9.17) is 19.4 Å². The van der Waals surface area contributed by atoms with Crippen molar-refractivity contribution in [1.29, 1.82) is 0 Å². The van der Waals surface area contributed by atoms with Crippen LogP contribution in [0.25, 0.3) is 106 Å². The molecule has 0 N–H and O–H groups in total. The van der Waals surface area contributed by atoms with Crippen LogP contribution in [-0.4, -0.2) is 19.5 Å². The van der Waals surface area contributed by atoms with Crippen LogP contribution in [0.4, 0.5) is 0 Å². The predicted octanol–water partition coefficient (Wildman–Crippen LogP) is 14.5. The summed E-state index contributed by atoms with van der Waals surface area (Å²) in [5.41, 5.74) is 18.2. The highest BCUT2D eigenvalue weighted by atomic mass is 16.3. The second kappa shape index (κ2) is 12.5. The lowest BCUT2D eigenvalue weighted by molar-refractivity contribution is 0.660. The minimum absolute atomic E-state index is 0.138. The van der Waals surface area contributed by atoms with Crippen molar-refractivity contribution in [1.82, 2.24) is 19.5 Å². The van der Waals surface area contributed by atoms with Crippen LogP contribution in [0.2, 0.25) is 0 Å². The third-order valence-corrected chi connectivity index (χ3v) is 13.9. The Balaban J connectivity index is 1.05. The van der Waals surface area contributed by atoms with Gasteiger partial charge < -0.3 is 8.98 Å². The quantitative estimate of drug-likeness (QED) is 0.178. The van der Waals surface area contributed by atoms with E-state index < -0.39 is 0 Å². The second-order valence-corrected chi connectivity index (χ2v) is 18.0. The maximum absolute atomic E-state index is 6.81. The summed E-state index contributed by atoms with van der Waals surface area (Å²) in [5, 5.41) is 4.57. The normalized spacial score (nSPS) is 14.4. The molecule has 11 aromatic rings. The summed E-state index contributed by atoms with van der Waals surface area (Å²) in [5.74, 6) is 1.80. The van der Waals surface area contributed by atoms with Gasteiger partial charge in [0.25, 0.3) is 0 Å². The van der Waals surface area contributed by atoms with Gasteiger partial charge in [0.2, 0.25) is 0 Å². The summed E-state index contributed by atoms with van der Waals surface area (Å²) in [6, 6.07) is 60.9. The van der Waals surface area contributed by atoms with E-state index in [0.29, 0.717) is 17.5 Å². The number of rotatable bonds is 4. The zero-order valence-corrected chi connectivity index (χ0v) is 34.9. The summed E-state index contributed by atoms with van der Waals surface area (Å²) < 4.78 is 9.31. The van der Waals surface area contributed by atoms with E-state index in [2.05, 4.69) is 141 Å². The van der Waals surface area contributed by atoms with Gasteiger partial charge in [-0.05, 0) is 93.0 Å². The number of furan rings is 1. The molecule has 0 aliphatic heterocycles. The number of hydrogen-bond acceptors (Lipinski definition) is 4. The lowest BCUT2D eigenvalue weighted by Crippen LogP contribution is -2.15. The van der Waals surface area contributed by atoms with Gasteiger partial charge in [0, 0.05) is 49.2 Å². The smallest absolute Gasteiger partial charge is 0.167 e. The first kappa shape index (κ1) is 35.2. The second-order valence-electron chi connectivity index (χ2n) is 18.0. The molecule has 8 aromatic carbocycles. The van der Waals surface area contributed by atoms with Crippen molar-refractivity contribution < 1.29 is 4.42 Å². The number of para-hydroxylation sites is 1. The molecule has 0 atom stereocenters. The van der Waals surface area contributed by atoms with Gasteiger partial charge in [-0.3, -0.25) is 0 Å². The summed E-state index contributed by atoms with van der Waals surface area (Å²) in [4.78, 5) is 15.1. The molecule has 0 fully saturated rings. The summed E-state index contributed by atoms with van der Waals surface area (Å²) in [6.45, 7) is 9.46. The lowest BCUT2D eigenvalue weighted by atomic mass is 9.82. The van der Waals surface area contributed by atoms with Gasteiger partial charge in [-0.2, -0.15) is 0 Å². The van der Waals surface area contributed by atoms with E-state index in [1.807, 2.05) is 60.7 Å². The Labute approximate surface area is 359 Å². The van der Waals surface area contributed by atoms with Crippen LogP contribution >= 0.6 is 0 Å². The number of hydrogen-bond donors (Lipinski definition) is 0. The van der Waals surface area contributed by atoms with E-state index in [-0.39, 0.29) is 10.8 Å². The van der Waals surface area contributed by atoms with Crippen LogP contribution in [0.15, 0.2) is 174 Å². The molecule has 3 heterocycles. The molecule has 13 rings (SSSR count). The fourth-order valence-electron chi connectivity index (χ4n) is 10.7. The Morgan fingerprint density at radius 3 is 1.45 bits per heavy atom. The van der Waals surface area contributed by atoms with Crippen molar-refractivity contribution in [2.75, 3.05) is 0 Å². The molecular formula is C57H40N4O. The number of nitrogens with zero attached hydrogens (tertiary/aromatic N) is 4. The molecule has 0 radical (unpaired) electrons. The molecule has 5 heteroatoms. The van der Waals surface area contributed by atoms with Crippen LogP contribution in [0.1, 0.15) is 49.9 Å². The fraction of sp³-hybridized carbons (Fsp3) is 0.105. The highest BCUT2D eigenvalue weighted by molar-refractivity contribution is 6.15. The molecular weight excluding hydrogens is 757 g/mol. The Hall–Kier alpha value is -7.63.